The van der Waals surface area contributed by atoms with E-state index in [1.54, 1.807) is 14.2 Å². The topological polar surface area (TPSA) is 34.6 Å². The highest BCUT2D eigenvalue weighted by molar-refractivity contribution is 6.17. The van der Waals surface area contributed by atoms with Crippen LogP contribution in [0.15, 0.2) is 12.3 Å². The molecule has 6 heteroatoms. The first kappa shape index (κ1) is 15.1. The highest BCUT2D eigenvalue weighted by Crippen LogP contribution is 2.20. The maximum atomic E-state index is 13.1. The van der Waals surface area contributed by atoms with Gasteiger partial charge >= 0.3 is 0 Å². The van der Waals surface area contributed by atoms with Crippen LogP contribution in [-0.4, -0.2) is 45.5 Å². The molecule has 1 aromatic heterocycles. The van der Waals surface area contributed by atoms with Gasteiger partial charge in [-0.05, 0) is 6.07 Å². The summed E-state index contributed by atoms with van der Waals surface area (Å²) in [4.78, 5) is 6.09. The molecule has 1 aromatic rings. The third kappa shape index (κ3) is 4.40. The summed E-state index contributed by atoms with van der Waals surface area (Å²) < 4.78 is 23.2. The lowest BCUT2D eigenvalue weighted by atomic mass is 10.2. The van der Waals surface area contributed by atoms with Crippen LogP contribution in [0.5, 0.6) is 0 Å². The lowest BCUT2D eigenvalue weighted by Gasteiger charge is -2.24. The van der Waals surface area contributed by atoms with E-state index in [-0.39, 0.29) is 11.7 Å². The molecule has 0 amide bonds. The van der Waals surface area contributed by atoms with E-state index in [0.29, 0.717) is 37.7 Å². The summed E-state index contributed by atoms with van der Waals surface area (Å²) in [6.07, 6.45) is 1.19. The average molecular weight is 277 g/mol. The monoisotopic (exact) mass is 276 g/mol. The van der Waals surface area contributed by atoms with Gasteiger partial charge in [0.2, 0.25) is 0 Å². The van der Waals surface area contributed by atoms with Crippen LogP contribution in [0.25, 0.3) is 0 Å². The summed E-state index contributed by atoms with van der Waals surface area (Å²) in [6, 6.07) is 1.40. The third-order valence-corrected chi connectivity index (χ3v) is 2.77. The Balaban J connectivity index is 2.88. The second-order valence-corrected chi connectivity index (χ2v) is 4.01. The maximum absolute atomic E-state index is 13.1. The predicted octanol–water partition coefficient (Wildman–Crippen LogP) is 2.06. The molecule has 0 spiro atoms. The van der Waals surface area contributed by atoms with E-state index in [1.807, 2.05) is 4.90 Å². The van der Waals surface area contributed by atoms with Crippen LogP contribution in [-0.2, 0) is 15.4 Å². The van der Waals surface area contributed by atoms with Crippen molar-refractivity contribution in [3.05, 3.63) is 23.6 Å². The fraction of sp³-hybridized carbons (Fsp3) is 0.583. The molecule has 0 fully saturated rings. The highest BCUT2D eigenvalue weighted by atomic mass is 35.5. The second-order valence-electron chi connectivity index (χ2n) is 3.74. The number of anilines is 1. The maximum Gasteiger partial charge on any atom is 0.141 e. The van der Waals surface area contributed by atoms with Crippen molar-refractivity contribution < 1.29 is 13.9 Å². The zero-order valence-corrected chi connectivity index (χ0v) is 11.4. The van der Waals surface area contributed by atoms with Gasteiger partial charge in [-0.2, -0.15) is 0 Å². The van der Waals surface area contributed by atoms with Gasteiger partial charge in [0, 0.05) is 32.9 Å². The van der Waals surface area contributed by atoms with Crippen LogP contribution in [0.2, 0.25) is 0 Å². The molecular weight excluding hydrogens is 259 g/mol. The summed E-state index contributed by atoms with van der Waals surface area (Å²) in [6.45, 7) is 2.43. The van der Waals surface area contributed by atoms with Gasteiger partial charge in [-0.15, -0.1) is 11.6 Å². The number of hydrogen-bond acceptors (Lipinski definition) is 4. The molecule has 0 unspecified atom stereocenters. The van der Waals surface area contributed by atoms with Crippen molar-refractivity contribution in [3.8, 4) is 0 Å². The van der Waals surface area contributed by atoms with Gasteiger partial charge in [0.25, 0.3) is 0 Å². The van der Waals surface area contributed by atoms with Crippen LogP contribution in [0.3, 0.4) is 0 Å². The first-order chi connectivity index (χ1) is 8.72. The summed E-state index contributed by atoms with van der Waals surface area (Å²) in [5, 5.41) is 0. The minimum absolute atomic E-state index is 0.219. The quantitative estimate of drug-likeness (QED) is 0.681. The Labute approximate surface area is 112 Å². The number of alkyl halides is 1. The minimum atomic E-state index is -0.382. The number of ether oxygens (including phenoxy) is 2. The van der Waals surface area contributed by atoms with Crippen molar-refractivity contribution in [2.45, 2.75) is 5.88 Å². The van der Waals surface area contributed by atoms with Crippen molar-refractivity contribution in [1.82, 2.24) is 4.98 Å². The Morgan fingerprint density at radius 3 is 2.39 bits per heavy atom. The third-order valence-electron chi connectivity index (χ3n) is 2.48. The molecule has 0 radical (unpaired) electrons. The van der Waals surface area contributed by atoms with Gasteiger partial charge in [-0.3, -0.25) is 0 Å². The van der Waals surface area contributed by atoms with E-state index in [1.165, 1.54) is 12.3 Å². The summed E-state index contributed by atoms with van der Waals surface area (Å²) >= 11 is 5.82. The Morgan fingerprint density at radius 1 is 1.28 bits per heavy atom. The van der Waals surface area contributed by atoms with Gasteiger partial charge in [0.05, 0.1) is 25.3 Å². The van der Waals surface area contributed by atoms with E-state index in [0.717, 1.165) is 0 Å². The molecule has 0 saturated heterocycles. The lowest BCUT2D eigenvalue weighted by Crippen LogP contribution is -2.32. The van der Waals surface area contributed by atoms with Gasteiger partial charge in [0.15, 0.2) is 0 Å². The number of methoxy groups -OCH3 is 2. The van der Waals surface area contributed by atoms with Crippen LogP contribution in [0.1, 0.15) is 5.56 Å². The summed E-state index contributed by atoms with van der Waals surface area (Å²) in [5.41, 5.74) is 0.670. The highest BCUT2D eigenvalue weighted by Gasteiger charge is 2.13. The van der Waals surface area contributed by atoms with Crippen LogP contribution in [0.4, 0.5) is 10.2 Å². The molecule has 0 atom stereocenters. The van der Waals surface area contributed by atoms with Crippen molar-refractivity contribution in [2.24, 2.45) is 0 Å². The SMILES string of the molecule is COCCN(CCOC)c1ncc(F)cc1CCl. The molecule has 0 saturated carbocycles. The van der Waals surface area contributed by atoms with Crippen molar-refractivity contribution in [2.75, 3.05) is 45.4 Å². The number of pyridine rings is 1. The van der Waals surface area contributed by atoms with Gasteiger partial charge in [-0.25, -0.2) is 9.37 Å². The van der Waals surface area contributed by atoms with E-state index in [9.17, 15) is 4.39 Å². The second kappa shape index (κ2) is 8.24. The average Bonchev–Trinajstić information content (AvgIpc) is 2.39. The molecule has 0 aliphatic carbocycles. The molecule has 102 valence electrons. The van der Waals surface area contributed by atoms with E-state index >= 15 is 0 Å². The molecule has 0 aliphatic rings. The summed E-state index contributed by atoms with van der Waals surface area (Å²) in [7, 11) is 3.27. The van der Waals surface area contributed by atoms with Crippen LogP contribution < -0.4 is 4.90 Å². The number of halogens is 2. The zero-order valence-electron chi connectivity index (χ0n) is 10.7. The number of rotatable bonds is 8. The fourth-order valence-corrected chi connectivity index (χ4v) is 1.78. The molecule has 4 nitrogen and oxygen atoms in total. The van der Waals surface area contributed by atoms with Crippen molar-refractivity contribution in [3.63, 3.8) is 0 Å². The zero-order chi connectivity index (χ0) is 13.4. The van der Waals surface area contributed by atoms with Gasteiger partial charge in [-0.1, -0.05) is 0 Å². The number of nitrogens with zero attached hydrogens (tertiary/aromatic N) is 2. The van der Waals surface area contributed by atoms with Crippen molar-refractivity contribution in [1.29, 1.82) is 0 Å². The molecule has 0 aliphatic heterocycles. The minimum Gasteiger partial charge on any atom is -0.383 e. The van der Waals surface area contributed by atoms with Crippen LogP contribution in [0, 0.1) is 5.82 Å². The molecule has 18 heavy (non-hydrogen) atoms. The molecule has 0 aromatic carbocycles. The molecule has 0 N–H and O–H groups in total. The first-order valence-corrected chi connectivity index (χ1v) is 6.19. The molecule has 1 rings (SSSR count). The van der Waals surface area contributed by atoms with Crippen molar-refractivity contribution >= 4 is 17.4 Å². The van der Waals surface area contributed by atoms with Gasteiger partial charge < -0.3 is 14.4 Å². The van der Waals surface area contributed by atoms with E-state index in [2.05, 4.69) is 4.98 Å². The Hall–Kier alpha value is -0.910. The smallest absolute Gasteiger partial charge is 0.141 e. The Morgan fingerprint density at radius 2 is 1.89 bits per heavy atom. The standard InChI is InChI=1S/C12H18ClFN2O2/c1-17-5-3-16(4-6-18-2)12-10(8-13)7-11(14)9-15-12/h7,9H,3-6,8H2,1-2H3. The van der Waals surface area contributed by atoms with Gasteiger partial charge in [0.1, 0.15) is 11.6 Å². The number of hydrogen-bond donors (Lipinski definition) is 0. The normalized spacial score (nSPS) is 10.7. The largest absolute Gasteiger partial charge is 0.383 e. The number of aromatic nitrogens is 1. The molecule has 0 bridgehead atoms. The van der Waals surface area contributed by atoms with Crippen LogP contribution >= 0.6 is 11.6 Å². The lowest BCUT2D eigenvalue weighted by molar-refractivity contribution is 0.190. The first-order valence-electron chi connectivity index (χ1n) is 5.66. The molecular formula is C12H18ClFN2O2. The van der Waals surface area contributed by atoms with E-state index in [4.69, 9.17) is 21.1 Å². The fourth-order valence-electron chi connectivity index (χ4n) is 1.58. The Bertz CT molecular complexity index is 358. The molecule has 1 heterocycles. The predicted molar refractivity (Wildman–Crippen MR) is 69.7 cm³/mol. The van der Waals surface area contributed by atoms with E-state index < -0.39 is 0 Å². The Kier molecular flexibility index (Phi) is 6.93. The summed E-state index contributed by atoms with van der Waals surface area (Å²) in [5.74, 6) is 0.518.